The number of nitrogens with zero attached hydrogens (tertiary/aromatic N) is 4. The van der Waals surface area contributed by atoms with E-state index in [2.05, 4.69) is 32.1 Å². The molecular formula is C23H25N5O. The predicted molar refractivity (Wildman–Crippen MR) is 113 cm³/mol. The van der Waals surface area contributed by atoms with Crippen molar-refractivity contribution in [1.82, 2.24) is 24.8 Å². The second kappa shape index (κ2) is 8.89. The van der Waals surface area contributed by atoms with Gasteiger partial charge in [-0.15, -0.1) is 0 Å². The molecule has 1 saturated heterocycles. The van der Waals surface area contributed by atoms with Gasteiger partial charge in [0.25, 0.3) is 5.91 Å². The normalized spacial score (nSPS) is 14.4. The van der Waals surface area contributed by atoms with Crippen LogP contribution in [0.5, 0.6) is 0 Å². The highest BCUT2D eigenvalue weighted by molar-refractivity contribution is 5.94. The Morgan fingerprint density at radius 2 is 2.03 bits per heavy atom. The van der Waals surface area contributed by atoms with Gasteiger partial charge < -0.3 is 10.2 Å². The molecule has 1 aromatic carbocycles. The largest absolute Gasteiger partial charge is 0.351 e. The molecule has 0 atom stereocenters. The molecule has 1 amide bonds. The van der Waals surface area contributed by atoms with Crippen molar-refractivity contribution in [2.75, 3.05) is 26.2 Å². The first-order valence-electron chi connectivity index (χ1n) is 10.1. The van der Waals surface area contributed by atoms with Gasteiger partial charge in [-0.05, 0) is 68.6 Å². The molecule has 3 aromatic rings. The highest BCUT2D eigenvalue weighted by atomic mass is 16.1. The molecular weight excluding hydrogens is 362 g/mol. The summed E-state index contributed by atoms with van der Waals surface area (Å²) < 4.78 is 1.71. The minimum atomic E-state index is -0.0541. The van der Waals surface area contributed by atoms with Crippen LogP contribution >= 0.6 is 0 Å². The number of hydrogen-bond acceptors (Lipinski definition) is 4. The van der Waals surface area contributed by atoms with E-state index in [0.717, 1.165) is 42.1 Å². The maximum absolute atomic E-state index is 12.6. The smallest absolute Gasteiger partial charge is 0.251 e. The number of imidazole rings is 1. The molecule has 6 heteroatoms. The Balaban J connectivity index is 1.44. The number of aromatic nitrogens is 3. The van der Waals surface area contributed by atoms with Gasteiger partial charge >= 0.3 is 0 Å². The van der Waals surface area contributed by atoms with Crippen LogP contribution in [0.1, 0.15) is 46.4 Å². The summed E-state index contributed by atoms with van der Waals surface area (Å²) in [7, 11) is 0. The summed E-state index contributed by atoms with van der Waals surface area (Å²) in [5.41, 5.74) is 3.98. The molecule has 0 aliphatic carbocycles. The van der Waals surface area contributed by atoms with Gasteiger partial charge in [0, 0.05) is 30.4 Å². The van der Waals surface area contributed by atoms with Crippen LogP contribution in [0.25, 0.3) is 5.65 Å². The molecule has 0 spiro atoms. The average molecular weight is 387 g/mol. The van der Waals surface area contributed by atoms with E-state index in [9.17, 15) is 4.79 Å². The predicted octanol–water partition coefficient (Wildman–Crippen LogP) is 2.65. The van der Waals surface area contributed by atoms with Crippen molar-refractivity contribution in [3.05, 3.63) is 65.1 Å². The second-order valence-corrected chi connectivity index (χ2v) is 7.38. The number of nitrogens with one attached hydrogen (secondary N) is 1. The summed E-state index contributed by atoms with van der Waals surface area (Å²) in [6.45, 7) is 5.85. The van der Waals surface area contributed by atoms with E-state index in [0.29, 0.717) is 12.1 Å². The zero-order valence-corrected chi connectivity index (χ0v) is 16.7. The van der Waals surface area contributed by atoms with Gasteiger partial charge in [0.05, 0.1) is 6.20 Å². The number of aryl methyl sites for hydroxylation is 1. The first-order valence-corrected chi connectivity index (χ1v) is 10.1. The van der Waals surface area contributed by atoms with Gasteiger partial charge in [-0.3, -0.25) is 4.79 Å². The molecule has 2 aromatic heterocycles. The molecule has 148 valence electrons. The van der Waals surface area contributed by atoms with E-state index < -0.39 is 0 Å². The number of carbonyl (C=O) groups excluding carboxylic acids is 1. The number of amides is 1. The van der Waals surface area contributed by atoms with Crippen LogP contribution in [0.3, 0.4) is 0 Å². The van der Waals surface area contributed by atoms with Gasteiger partial charge in [0.15, 0.2) is 5.65 Å². The van der Waals surface area contributed by atoms with Gasteiger partial charge in [0.2, 0.25) is 0 Å². The van der Waals surface area contributed by atoms with Crippen LogP contribution < -0.4 is 5.32 Å². The lowest BCUT2D eigenvalue weighted by atomic mass is 10.0. The number of fused-ring (bicyclic) bond motifs is 1. The van der Waals surface area contributed by atoms with E-state index in [1.165, 1.54) is 19.3 Å². The van der Waals surface area contributed by atoms with Crippen molar-refractivity contribution in [2.24, 2.45) is 0 Å². The topological polar surface area (TPSA) is 62.5 Å². The maximum Gasteiger partial charge on any atom is 0.251 e. The van der Waals surface area contributed by atoms with E-state index >= 15 is 0 Å². The summed E-state index contributed by atoms with van der Waals surface area (Å²) in [6.07, 6.45) is 7.26. The molecule has 6 nitrogen and oxygen atoms in total. The van der Waals surface area contributed by atoms with E-state index in [1.54, 1.807) is 16.9 Å². The third-order valence-electron chi connectivity index (χ3n) is 5.27. The quantitative estimate of drug-likeness (QED) is 0.699. The molecule has 4 rings (SSSR count). The van der Waals surface area contributed by atoms with E-state index in [4.69, 9.17) is 0 Å². The van der Waals surface area contributed by atoms with Crippen LogP contribution in [-0.2, 0) is 0 Å². The summed E-state index contributed by atoms with van der Waals surface area (Å²) in [5, 5.41) is 7.31. The SMILES string of the molecule is Cc1ccc(C(=O)NCCN2CCCCC2)cc1C#Cc1cnc2cccnn12. The first kappa shape index (κ1) is 19.2. The van der Waals surface area contributed by atoms with Crippen molar-refractivity contribution in [2.45, 2.75) is 26.2 Å². The lowest BCUT2D eigenvalue weighted by Gasteiger charge is -2.26. The van der Waals surface area contributed by atoms with E-state index in [-0.39, 0.29) is 5.91 Å². The monoisotopic (exact) mass is 387 g/mol. The molecule has 29 heavy (non-hydrogen) atoms. The number of rotatable bonds is 4. The van der Waals surface area contributed by atoms with Gasteiger partial charge in [0.1, 0.15) is 5.69 Å². The summed E-state index contributed by atoms with van der Waals surface area (Å²) in [6, 6.07) is 9.38. The summed E-state index contributed by atoms with van der Waals surface area (Å²) in [5.74, 6) is 6.24. The third-order valence-corrected chi connectivity index (χ3v) is 5.27. The van der Waals surface area contributed by atoms with Crippen LogP contribution in [0.15, 0.2) is 42.7 Å². The number of piperidine rings is 1. The Morgan fingerprint density at radius 1 is 1.17 bits per heavy atom. The van der Waals surface area contributed by atoms with E-state index in [1.807, 2.05) is 37.3 Å². The van der Waals surface area contributed by atoms with Crippen molar-refractivity contribution >= 4 is 11.6 Å². The third kappa shape index (κ3) is 4.64. The molecule has 3 heterocycles. The van der Waals surface area contributed by atoms with Gasteiger partial charge in [-0.25, -0.2) is 9.50 Å². The van der Waals surface area contributed by atoms with Crippen molar-refractivity contribution < 1.29 is 4.79 Å². The molecule has 1 fully saturated rings. The fraction of sp³-hybridized carbons (Fsp3) is 0.348. The van der Waals surface area contributed by atoms with Gasteiger partial charge in [-0.2, -0.15) is 5.10 Å². The minimum absolute atomic E-state index is 0.0541. The zero-order chi connectivity index (χ0) is 20.1. The molecule has 0 bridgehead atoms. The lowest BCUT2D eigenvalue weighted by molar-refractivity contribution is 0.0946. The van der Waals surface area contributed by atoms with Crippen LogP contribution in [0.2, 0.25) is 0 Å². The minimum Gasteiger partial charge on any atom is -0.351 e. The number of hydrogen-bond donors (Lipinski definition) is 1. The molecule has 0 unspecified atom stereocenters. The lowest BCUT2D eigenvalue weighted by Crippen LogP contribution is -2.37. The molecule has 1 aliphatic rings. The van der Waals surface area contributed by atoms with Crippen LogP contribution in [0.4, 0.5) is 0 Å². The fourth-order valence-corrected chi connectivity index (χ4v) is 3.56. The van der Waals surface area contributed by atoms with Crippen molar-refractivity contribution in [1.29, 1.82) is 0 Å². The Kier molecular flexibility index (Phi) is 5.87. The van der Waals surface area contributed by atoms with Gasteiger partial charge in [-0.1, -0.05) is 18.4 Å². The number of likely N-dealkylation sites (tertiary alicyclic amines) is 1. The summed E-state index contributed by atoms with van der Waals surface area (Å²) >= 11 is 0. The highest BCUT2D eigenvalue weighted by Crippen LogP contribution is 2.11. The Hall–Kier alpha value is -3.17. The standard InChI is InChI=1S/C23H25N5O/c1-18-7-8-20(23(29)24-12-15-27-13-3-2-4-14-27)16-19(18)9-10-21-17-25-22-6-5-11-26-28(21)22/h5-8,11,16-17H,2-4,12-15H2,1H3,(H,24,29). The Morgan fingerprint density at radius 3 is 2.90 bits per heavy atom. The molecule has 0 radical (unpaired) electrons. The zero-order valence-electron chi connectivity index (χ0n) is 16.7. The Bertz CT molecular complexity index is 1070. The maximum atomic E-state index is 12.6. The number of carbonyl (C=O) groups is 1. The molecule has 1 aliphatic heterocycles. The number of benzene rings is 1. The average Bonchev–Trinajstić information content (AvgIpc) is 3.17. The van der Waals surface area contributed by atoms with Crippen molar-refractivity contribution in [3.63, 3.8) is 0 Å². The first-order chi connectivity index (χ1) is 14.2. The van der Waals surface area contributed by atoms with Crippen LogP contribution in [-0.4, -0.2) is 51.6 Å². The van der Waals surface area contributed by atoms with Crippen LogP contribution in [0, 0.1) is 18.8 Å². The summed E-state index contributed by atoms with van der Waals surface area (Å²) in [4.78, 5) is 19.3. The highest BCUT2D eigenvalue weighted by Gasteiger charge is 2.11. The fourth-order valence-electron chi connectivity index (χ4n) is 3.56. The molecule has 1 N–H and O–H groups in total. The molecule has 0 saturated carbocycles. The Labute approximate surface area is 170 Å². The van der Waals surface area contributed by atoms with Crippen molar-refractivity contribution in [3.8, 4) is 11.8 Å². The second-order valence-electron chi connectivity index (χ2n) is 7.38.